The highest BCUT2D eigenvalue weighted by molar-refractivity contribution is 7.91. The van der Waals surface area contributed by atoms with Gasteiger partial charge >= 0.3 is 6.18 Å². The first-order valence-corrected chi connectivity index (χ1v) is 13.6. The van der Waals surface area contributed by atoms with Crippen molar-refractivity contribution >= 4 is 26.8 Å². The van der Waals surface area contributed by atoms with E-state index < -0.39 is 46.6 Å². The average molecular weight is 540 g/mol. The molecular weight excluding hydrogens is 511 g/mol. The quantitative estimate of drug-likeness (QED) is 0.446. The maximum atomic E-state index is 13.1. The Morgan fingerprint density at radius 1 is 1.16 bits per heavy atom. The third-order valence-corrected chi connectivity index (χ3v) is 8.59. The summed E-state index contributed by atoms with van der Waals surface area (Å²) in [5, 5.41) is 10.4. The molecule has 1 aromatic heterocycles. The second kappa shape index (κ2) is 10.3. The lowest BCUT2D eigenvalue weighted by Crippen LogP contribution is -2.32. The number of hydrogen-bond acceptors (Lipinski definition) is 6. The summed E-state index contributed by atoms with van der Waals surface area (Å²) in [4.78, 5) is 16.3. The molecule has 1 heterocycles. The second-order valence-electron chi connectivity index (χ2n) is 9.14. The SMILES string of the molecule is CCS(=O)(=O)c1ccc([C@H](CO)n2c(OC3CCC(C(F)(F)F)CC3)nc3cc(C(N)=O)ccc32)cc1. The van der Waals surface area contributed by atoms with Crippen molar-refractivity contribution in [1.29, 1.82) is 0 Å². The minimum Gasteiger partial charge on any atom is -0.461 e. The number of aliphatic hydroxyl groups excluding tert-OH is 1. The first-order valence-electron chi connectivity index (χ1n) is 11.9. The summed E-state index contributed by atoms with van der Waals surface area (Å²) < 4.78 is 71.4. The van der Waals surface area contributed by atoms with Crippen LogP contribution in [0.3, 0.4) is 0 Å². The van der Waals surface area contributed by atoms with Crippen LogP contribution in [0.15, 0.2) is 47.4 Å². The Hall–Kier alpha value is -3.12. The molecule has 12 heteroatoms. The predicted octanol–water partition coefficient (Wildman–Crippen LogP) is 4.01. The van der Waals surface area contributed by atoms with Crippen LogP contribution in [0.4, 0.5) is 13.2 Å². The van der Waals surface area contributed by atoms with E-state index >= 15 is 0 Å². The van der Waals surface area contributed by atoms with E-state index in [1.165, 1.54) is 24.3 Å². The Kier molecular flexibility index (Phi) is 7.52. The van der Waals surface area contributed by atoms with E-state index in [0.29, 0.717) is 16.6 Å². The number of carbonyl (C=O) groups is 1. The van der Waals surface area contributed by atoms with Crippen LogP contribution in [-0.2, 0) is 9.84 Å². The summed E-state index contributed by atoms with van der Waals surface area (Å²) in [6.07, 6.45) is -4.50. The van der Waals surface area contributed by atoms with E-state index in [2.05, 4.69) is 4.98 Å². The number of primary amides is 1. The summed E-state index contributed by atoms with van der Waals surface area (Å²) in [6, 6.07) is 10.0. The summed E-state index contributed by atoms with van der Waals surface area (Å²) in [5.74, 6) is -2.08. The molecule has 37 heavy (non-hydrogen) atoms. The van der Waals surface area contributed by atoms with Crippen molar-refractivity contribution in [3.63, 3.8) is 0 Å². The molecule has 4 rings (SSSR count). The minimum absolute atomic E-state index is 0.0568. The fourth-order valence-corrected chi connectivity index (χ4v) is 5.56. The first-order chi connectivity index (χ1) is 17.4. The third kappa shape index (κ3) is 5.59. The summed E-state index contributed by atoms with van der Waals surface area (Å²) >= 11 is 0. The number of halogens is 3. The van der Waals surface area contributed by atoms with Gasteiger partial charge in [-0.2, -0.15) is 18.2 Å². The number of nitrogens with two attached hydrogens (primary N) is 1. The summed E-state index contributed by atoms with van der Waals surface area (Å²) in [6.45, 7) is 1.14. The number of imidazole rings is 1. The van der Waals surface area contributed by atoms with Crippen LogP contribution < -0.4 is 10.5 Å². The van der Waals surface area contributed by atoms with Crippen molar-refractivity contribution in [1.82, 2.24) is 9.55 Å². The van der Waals surface area contributed by atoms with Gasteiger partial charge in [-0.1, -0.05) is 19.1 Å². The molecule has 0 aliphatic heterocycles. The lowest BCUT2D eigenvalue weighted by molar-refractivity contribution is -0.185. The van der Waals surface area contributed by atoms with Gasteiger partial charge in [-0.05, 0) is 61.6 Å². The molecule has 0 saturated heterocycles. The molecule has 1 aliphatic carbocycles. The molecule has 8 nitrogen and oxygen atoms in total. The van der Waals surface area contributed by atoms with Crippen molar-refractivity contribution in [3.05, 3.63) is 53.6 Å². The molecule has 0 bridgehead atoms. The topological polar surface area (TPSA) is 125 Å². The van der Waals surface area contributed by atoms with Crippen molar-refractivity contribution in [2.75, 3.05) is 12.4 Å². The molecular formula is C25H28F3N3O5S. The first kappa shape index (κ1) is 26.9. The Balaban J connectivity index is 1.72. The molecule has 0 radical (unpaired) electrons. The van der Waals surface area contributed by atoms with Gasteiger partial charge in [-0.3, -0.25) is 9.36 Å². The zero-order valence-corrected chi connectivity index (χ0v) is 20.9. The number of benzene rings is 2. The van der Waals surface area contributed by atoms with Gasteiger partial charge in [-0.25, -0.2) is 8.42 Å². The fourth-order valence-electron chi connectivity index (χ4n) is 4.67. The number of ether oxygens (including phenoxy) is 1. The number of aromatic nitrogens is 2. The van der Waals surface area contributed by atoms with Crippen molar-refractivity contribution in [2.45, 2.75) is 55.8 Å². The maximum absolute atomic E-state index is 13.1. The molecule has 1 aliphatic rings. The van der Waals surface area contributed by atoms with E-state index in [-0.39, 0.29) is 47.9 Å². The molecule has 2 aromatic carbocycles. The van der Waals surface area contributed by atoms with Gasteiger partial charge in [0.1, 0.15) is 6.10 Å². The highest BCUT2D eigenvalue weighted by atomic mass is 32.2. The van der Waals surface area contributed by atoms with E-state index in [9.17, 15) is 31.5 Å². The van der Waals surface area contributed by atoms with Gasteiger partial charge in [0, 0.05) is 5.56 Å². The summed E-state index contributed by atoms with van der Waals surface area (Å²) in [7, 11) is -3.42. The molecule has 0 spiro atoms. The number of amides is 1. The number of rotatable bonds is 8. The number of carbonyl (C=O) groups excluding carboxylic acids is 1. The van der Waals surface area contributed by atoms with Crippen molar-refractivity contribution < 1.29 is 36.2 Å². The number of aliphatic hydroxyl groups is 1. The number of sulfone groups is 1. The molecule has 1 amide bonds. The minimum atomic E-state index is -4.25. The molecule has 3 aromatic rings. The van der Waals surface area contributed by atoms with Crippen LogP contribution in [0.5, 0.6) is 6.01 Å². The van der Waals surface area contributed by atoms with E-state index in [0.717, 1.165) is 0 Å². The largest absolute Gasteiger partial charge is 0.461 e. The monoisotopic (exact) mass is 539 g/mol. The average Bonchev–Trinajstić information content (AvgIpc) is 3.21. The van der Waals surface area contributed by atoms with Gasteiger partial charge in [0.15, 0.2) is 9.84 Å². The number of alkyl halides is 3. The maximum Gasteiger partial charge on any atom is 0.391 e. The highest BCUT2D eigenvalue weighted by Gasteiger charge is 2.42. The van der Waals surface area contributed by atoms with Crippen molar-refractivity contribution in [2.24, 2.45) is 11.7 Å². The molecule has 200 valence electrons. The number of fused-ring (bicyclic) bond motifs is 1. The van der Waals surface area contributed by atoms with Crippen LogP contribution in [0.2, 0.25) is 0 Å². The highest BCUT2D eigenvalue weighted by Crippen LogP contribution is 2.39. The van der Waals surface area contributed by atoms with Gasteiger partial charge in [0.25, 0.3) is 6.01 Å². The van der Waals surface area contributed by atoms with Crippen LogP contribution >= 0.6 is 0 Å². The van der Waals surface area contributed by atoms with Crippen molar-refractivity contribution in [3.8, 4) is 6.01 Å². The van der Waals surface area contributed by atoms with Gasteiger partial charge in [0.2, 0.25) is 5.91 Å². The van der Waals surface area contributed by atoms with Gasteiger partial charge < -0.3 is 15.6 Å². The van der Waals surface area contributed by atoms with Crippen LogP contribution in [0.1, 0.15) is 54.6 Å². The standard InChI is InChI=1S/C25H28F3N3O5S/c1-2-37(34,35)19-10-3-15(4-11-19)22(14-32)31-21-12-5-16(23(29)33)13-20(21)30-24(31)36-18-8-6-17(7-9-18)25(26,27)28/h3-5,10-13,17-18,22,32H,2,6-9,14H2,1H3,(H2,29,33)/t17?,18?,22-/m0/s1. The van der Waals surface area contributed by atoms with Crippen LogP contribution in [0.25, 0.3) is 11.0 Å². The molecule has 0 unspecified atom stereocenters. The second-order valence-corrected chi connectivity index (χ2v) is 11.4. The fraction of sp³-hybridized carbons (Fsp3) is 0.440. The van der Waals surface area contributed by atoms with Gasteiger partial charge in [-0.15, -0.1) is 0 Å². The van der Waals surface area contributed by atoms with Crippen LogP contribution in [-0.4, -0.2) is 53.6 Å². The molecule has 1 atom stereocenters. The van der Waals surface area contributed by atoms with Crippen LogP contribution in [0, 0.1) is 5.92 Å². The Labute approximate surface area is 212 Å². The third-order valence-electron chi connectivity index (χ3n) is 6.84. The Bertz CT molecular complexity index is 1380. The van der Waals surface area contributed by atoms with E-state index in [1.807, 2.05) is 0 Å². The zero-order valence-electron chi connectivity index (χ0n) is 20.1. The Morgan fingerprint density at radius 3 is 2.35 bits per heavy atom. The molecule has 1 fully saturated rings. The smallest absolute Gasteiger partial charge is 0.391 e. The zero-order chi connectivity index (χ0) is 27.0. The van der Waals surface area contributed by atoms with E-state index in [4.69, 9.17) is 10.5 Å². The Morgan fingerprint density at radius 2 is 1.81 bits per heavy atom. The normalized spacial score (nSPS) is 19.6. The predicted molar refractivity (Wildman–Crippen MR) is 130 cm³/mol. The van der Waals surface area contributed by atoms with E-state index in [1.54, 1.807) is 29.7 Å². The number of nitrogens with zero attached hydrogens (tertiary/aromatic N) is 2. The lowest BCUT2D eigenvalue weighted by Gasteiger charge is -2.30. The molecule has 3 N–H and O–H groups in total. The summed E-state index contributed by atoms with van der Waals surface area (Å²) in [5.41, 5.74) is 7.05. The van der Waals surface area contributed by atoms with Gasteiger partial charge in [0.05, 0.1) is 40.2 Å². The number of hydrogen-bond donors (Lipinski definition) is 2. The lowest BCUT2D eigenvalue weighted by atomic mass is 9.87. The molecule has 1 saturated carbocycles.